The zero-order chi connectivity index (χ0) is 28.3. The summed E-state index contributed by atoms with van der Waals surface area (Å²) in [5.74, 6) is 1.20. The molecule has 0 spiro atoms. The Labute approximate surface area is 226 Å². The van der Waals surface area contributed by atoms with E-state index in [0.717, 1.165) is 12.8 Å². The van der Waals surface area contributed by atoms with Crippen LogP contribution < -0.4 is 25.8 Å². The SMILES string of the molecule is CCCCOc1ccc(-n2c(=O)n(-c3cccc(N(C)C(=O)OC(C)(C)C)c3)c3ncnc(N)c32)cc1OC. The number of carbonyl (C=O) groups is 1. The molecule has 0 aliphatic rings. The van der Waals surface area contributed by atoms with Crippen molar-refractivity contribution >= 4 is 28.8 Å². The molecule has 11 nitrogen and oxygen atoms in total. The number of amides is 1. The Kier molecular flexibility index (Phi) is 7.80. The van der Waals surface area contributed by atoms with Gasteiger partial charge in [-0.15, -0.1) is 0 Å². The number of rotatable bonds is 8. The minimum atomic E-state index is -0.653. The Morgan fingerprint density at radius 1 is 1.05 bits per heavy atom. The van der Waals surface area contributed by atoms with E-state index in [2.05, 4.69) is 16.9 Å². The summed E-state index contributed by atoms with van der Waals surface area (Å²) in [6.07, 6.45) is 2.70. The number of unbranched alkanes of at least 4 members (excludes halogenated alkanes) is 1. The predicted molar refractivity (Wildman–Crippen MR) is 150 cm³/mol. The Morgan fingerprint density at radius 3 is 2.49 bits per heavy atom. The minimum Gasteiger partial charge on any atom is -0.493 e. The largest absolute Gasteiger partial charge is 0.493 e. The van der Waals surface area contributed by atoms with Crippen LogP contribution in [0.5, 0.6) is 11.5 Å². The lowest BCUT2D eigenvalue weighted by Crippen LogP contribution is -2.34. The molecule has 206 valence electrons. The van der Waals surface area contributed by atoms with Crippen LogP contribution in [0, 0.1) is 0 Å². The first-order valence-corrected chi connectivity index (χ1v) is 12.7. The van der Waals surface area contributed by atoms with E-state index in [0.29, 0.717) is 46.3 Å². The molecule has 4 aromatic rings. The first-order valence-electron chi connectivity index (χ1n) is 12.7. The highest BCUT2D eigenvalue weighted by atomic mass is 16.6. The molecule has 0 fully saturated rings. The molecule has 4 rings (SSSR count). The Balaban J connectivity index is 1.84. The molecule has 2 aromatic heterocycles. The van der Waals surface area contributed by atoms with Crippen molar-refractivity contribution in [2.24, 2.45) is 0 Å². The smallest absolute Gasteiger partial charge is 0.414 e. The number of nitrogen functional groups attached to an aromatic ring is 1. The third-order valence-electron chi connectivity index (χ3n) is 5.95. The second kappa shape index (κ2) is 11.1. The summed E-state index contributed by atoms with van der Waals surface area (Å²) in [6, 6.07) is 12.2. The number of nitrogens with two attached hydrogens (primary N) is 1. The number of nitrogens with zero attached hydrogens (tertiary/aromatic N) is 5. The van der Waals surface area contributed by atoms with E-state index < -0.39 is 17.4 Å². The fourth-order valence-corrected chi connectivity index (χ4v) is 4.04. The van der Waals surface area contributed by atoms with E-state index >= 15 is 0 Å². The normalized spacial score (nSPS) is 11.4. The molecule has 0 saturated carbocycles. The number of aromatic nitrogens is 4. The first kappa shape index (κ1) is 27.5. The molecule has 0 bridgehead atoms. The van der Waals surface area contributed by atoms with Gasteiger partial charge in [0.15, 0.2) is 23.0 Å². The lowest BCUT2D eigenvalue weighted by Gasteiger charge is -2.25. The summed E-state index contributed by atoms with van der Waals surface area (Å²) in [5, 5.41) is 0. The summed E-state index contributed by atoms with van der Waals surface area (Å²) in [7, 11) is 3.15. The van der Waals surface area contributed by atoms with Crippen LogP contribution in [0.15, 0.2) is 53.6 Å². The van der Waals surface area contributed by atoms with E-state index in [9.17, 15) is 9.59 Å². The minimum absolute atomic E-state index is 0.139. The van der Waals surface area contributed by atoms with Crippen LogP contribution in [0.2, 0.25) is 0 Å². The van der Waals surface area contributed by atoms with Gasteiger partial charge in [-0.2, -0.15) is 0 Å². The van der Waals surface area contributed by atoms with Gasteiger partial charge < -0.3 is 19.9 Å². The van der Waals surface area contributed by atoms with Crippen molar-refractivity contribution in [3.63, 3.8) is 0 Å². The summed E-state index contributed by atoms with van der Waals surface area (Å²) in [4.78, 5) is 36.5. The van der Waals surface area contributed by atoms with Crippen molar-refractivity contribution in [2.45, 2.75) is 46.1 Å². The molecule has 0 saturated heterocycles. The van der Waals surface area contributed by atoms with Crippen molar-refractivity contribution < 1.29 is 19.0 Å². The van der Waals surface area contributed by atoms with Crippen LogP contribution in [-0.4, -0.2) is 51.6 Å². The van der Waals surface area contributed by atoms with Gasteiger partial charge in [-0.05, 0) is 57.5 Å². The highest BCUT2D eigenvalue weighted by Gasteiger charge is 2.23. The lowest BCUT2D eigenvalue weighted by molar-refractivity contribution is 0.0589. The van der Waals surface area contributed by atoms with Gasteiger partial charge in [0.25, 0.3) is 0 Å². The molecule has 0 aliphatic carbocycles. The summed E-state index contributed by atoms with van der Waals surface area (Å²) in [6.45, 7) is 8.04. The third-order valence-corrected chi connectivity index (χ3v) is 5.95. The lowest BCUT2D eigenvalue weighted by atomic mass is 10.2. The van der Waals surface area contributed by atoms with E-state index in [1.807, 2.05) is 0 Å². The van der Waals surface area contributed by atoms with E-state index in [1.54, 1.807) is 77.4 Å². The number of anilines is 2. The molecule has 2 N–H and O–H groups in total. The van der Waals surface area contributed by atoms with Crippen molar-refractivity contribution in [3.05, 3.63) is 59.3 Å². The molecular weight excluding hydrogens is 500 g/mol. The van der Waals surface area contributed by atoms with Gasteiger partial charge >= 0.3 is 11.8 Å². The maximum atomic E-state index is 14.0. The van der Waals surface area contributed by atoms with E-state index in [-0.39, 0.29) is 5.82 Å². The molecule has 0 atom stereocenters. The Hall–Kier alpha value is -4.54. The highest BCUT2D eigenvalue weighted by Crippen LogP contribution is 2.32. The summed E-state index contributed by atoms with van der Waals surface area (Å²) < 4.78 is 19.8. The number of fused-ring (bicyclic) bond motifs is 1. The van der Waals surface area contributed by atoms with Crippen molar-refractivity contribution in [3.8, 4) is 22.9 Å². The Bertz CT molecular complexity index is 1550. The van der Waals surface area contributed by atoms with E-state index in [1.165, 1.54) is 20.4 Å². The van der Waals surface area contributed by atoms with Gasteiger partial charge in [0.1, 0.15) is 17.4 Å². The summed E-state index contributed by atoms with van der Waals surface area (Å²) >= 11 is 0. The molecule has 11 heteroatoms. The quantitative estimate of drug-likeness (QED) is 0.322. The fourth-order valence-electron chi connectivity index (χ4n) is 4.04. The fraction of sp³-hybridized carbons (Fsp3) is 0.357. The molecule has 0 radical (unpaired) electrons. The molecule has 0 unspecified atom stereocenters. The van der Waals surface area contributed by atoms with Crippen LogP contribution in [0.4, 0.5) is 16.3 Å². The standard InChI is InChI=1S/C28H34N6O5/c1-7-8-14-38-21-13-12-20(16-22(21)37-6)33-23-24(29)30-17-31-25(23)34(26(33)35)19-11-9-10-18(15-19)32(5)27(36)39-28(2,3)4/h9-13,15-17H,7-8,14H2,1-6H3,(H2,29,30,31). The number of hydrogen-bond acceptors (Lipinski definition) is 8. The topological polar surface area (TPSA) is 127 Å². The van der Waals surface area contributed by atoms with Crippen molar-refractivity contribution in [1.82, 2.24) is 19.1 Å². The van der Waals surface area contributed by atoms with Gasteiger partial charge in [0, 0.05) is 18.8 Å². The second-order valence-electron chi connectivity index (χ2n) is 9.98. The monoisotopic (exact) mass is 534 g/mol. The second-order valence-corrected chi connectivity index (χ2v) is 9.98. The van der Waals surface area contributed by atoms with Gasteiger partial charge in [0.2, 0.25) is 0 Å². The highest BCUT2D eigenvalue weighted by molar-refractivity contribution is 5.88. The zero-order valence-electron chi connectivity index (χ0n) is 23.1. The molecule has 1 amide bonds. The number of ether oxygens (including phenoxy) is 3. The molecule has 39 heavy (non-hydrogen) atoms. The van der Waals surface area contributed by atoms with Crippen LogP contribution in [0.1, 0.15) is 40.5 Å². The van der Waals surface area contributed by atoms with E-state index in [4.69, 9.17) is 19.9 Å². The Morgan fingerprint density at radius 2 is 1.79 bits per heavy atom. The maximum Gasteiger partial charge on any atom is 0.414 e. The molecule has 0 aliphatic heterocycles. The number of methoxy groups -OCH3 is 1. The maximum absolute atomic E-state index is 14.0. The van der Waals surface area contributed by atoms with Gasteiger partial charge in [-0.3, -0.25) is 9.47 Å². The van der Waals surface area contributed by atoms with Gasteiger partial charge in [0.05, 0.1) is 25.1 Å². The van der Waals surface area contributed by atoms with Gasteiger partial charge in [-0.25, -0.2) is 24.1 Å². The number of hydrogen-bond donors (Lipinski definition) is 1. The predicted octanol–water partition coefficient (Wildman–Crippen LogP) is 4.71. The average molecular weight is 535 g/mol. The van der Waals surface area contributed by atoms with Crippen LogP contribution >= 0.6 is 0 Å². The third kappa shape index (κ3) is 5.66. The number of benzene rings is 2. The molecular formula is C28H34N6O5. The van der Waals surface area contributed by atoms with Crippen LogP contribution in [0.25, 0.3) is 22.5 Å². The van der Waals surface area contributed by atoms with Crippen LogP contribution in [-0.2, 0) is 4.74 Å². The van der Waals surface area contributed by atoms with Crippen LogP contribution in [0.3, 0.4) is 0 Å². The average Bonchev–Trinajstić information content (AvgIpc) is 3.20. The molecule has 2 heterocycles. The van der Waals surface area contributed by atoms with Crippen molar-refractivity contribution in [2.75, 3.05) is 31.4 Å². The summed E-state index contributed by atoms with van der Waals surface area (Å²) in [5.41, 5.74) is 7.37. The number of carbonyl (C=O) groups excluding carboxylic acids is 1. The molecule has 2 aromatic carbocycles. The number of imidazole rings is 1. The first-order chi connectivity index (χ1) is 18.6. The van der Waals surface area contributed by atoms with Gasteiger partial charge in [-0.1, -0.05) is 19.4 Å². The van der Waals surface area contributed by atoms with Crippen molar-refractivity contribution in [1.29, 1.82) is 0 Å². The zero-order valence-corrected chi connectivity index (χ0v) is 23.1.